The zero-order chi connectivity index (χ0) is 10.6. The van der Waals surface area contributed by atoms with E-state index >= 15 is 0 Å². The zero-order valence-electron chi connectivity index (χ0n) is 9.16. The van der Waals surface area contributed by atoms with Crippen LogP contribution in [-0.4, -0.2) is 15.5 Å². The molecule has 0 saturated heterocycles. The van der Waals surface area contributed by atoms with Crippen molar-refractivity contribution in [1.29, 1.82) is 0 Å². The van der Waals surface area contributed by atoms with Gasteiger partial charge in [0.05, 0.1) is 6.04 Å². The van der Waals surface area contributed by atoms with Gasteiger partial charge in [-0.05, 0) is 25.5 Å². The number of anilines is 1. The van der Waals surface area contributed by atoms with E-state index in [2.05, 4.69) is 25.9 Å². The van der Waals surface area contributed by atoms with Gasteiger partial charge in [0.2, 0.25) is 0 Å². The Hall–Kier alpha value is -0.640. The molecule has 0 aliphatic heterocycles. The van der Waals surface area contributed by atoms with Gasteiger partial charge in [-0.1, -0.05) is 13.8 Å². The van der Waals surface area contributed by atoms with Gasteiger partial charge in [-0.15, -0.1) is 11.8 Å². The summed E-state index contributed by atoms with van der Waals surface area (Å²) in [5.41, 5.74) is 5.88. The molecule has 80 valence electrons. The van der Waals surface area contributed by atoms with Gasteiger partial charge in [-0.2, -0.15) is 5.10 Å². The average Bonchev–Trinajstić information content (AvgIpc) is 2.55. The van der Waals surface area contributed by atoms with E-state index in [4.69, 9.17) is 5.73 Å². The van der Waals surface area contributed by atoms with Crippen LogP contribution in [0.15, 0.2) is 11.1 Å². The molecule has 3 nitrogen and oxygen atoms in total. The maximum absolute atomic E-state index is 5.88. The molecule has 0 spiro atoms. The minimum absolute atomic E-state index is 0.394. The van der Waals surface area contributed by atoms with Crippen molar-refractivity contribution in [2.24, 2.45) is 0 Å². The number of hydrogen-bond donors (Lipinski definition) is 1. The molecule has 0 aromatic carbocycles. The van der Waals surface area contributed by atoms with Gasteiger partial charge in [-0.3, -0.25) is 0 Å². The molecule has 1 heterocycles. The van der Waals surface area contributed by atoms with Crippen LogP contribution >= 0.6 is 11.8 Å². The Bertz CT molecular complexity index is 283. The van der Waals surface area contributed by atoms with Gasteiger partial charge >= 0.3 is 0 Å². The lowest BCUT2D eigenvalue weighted by Crippen LogP contribution is -2.08. The van der Waals surface area contributed by atoms with E-state index in [1.807, 2.05) is 10.7 Å². The maximum Gasteiger partial charge on any atom is 0.123 e. The van der Waals surface area contributed by atoms with Crippen molar-refractivity contribution in [1.82, 2.24) is 9.78 Å². The summed E-state index contributed by atoms with van der Waals surface area (Å²) in [6.07, 6.45) is 2.23. The molecule has 0 saturated carbocycles. The molecule has 0 amide bonds. The van der Waals surface area contributed by atoms with Gasteiger partial charge in [0.1, 0.15) is 10.8 Å². The van der Waals surface area contributed by atoms with Gasteiger partial charge in [0.25, 0.3) is 0 Å². The molecule has 1 atom stereocenters. The lowest BCUT2D eigenvalue weighted by atomic mass is 10.3. The normalized spacial score (nSPS) is 13.1. The average molecular weight is 213 g/mol. The standard InChI is InChI=1S/C10H19N3S/c1-4-6-14-10-7-9(11)13(12-10)8(3)5-2/h7-8H,4-6,11H2,1-3H3. The third-order valence-electron chi connectivity index (χ3n) is 2.20. The smallest absolute Gasteiger partial charge is 0.123 e. The number of nitrogens with zero attached hydrogens (tertiary/aromatic N) is 2. The molecule has 1 unspecified atom stereocenters. The first-order valence-corrected chi connectivity index (χ1v) is 6.15. The molecule has 1 aromatic rings. The van der Waals surface area contributed by atoms with Crippen LogP contribution in [0.1, 0.15) is 39.7 Å². The summed E-state index contributed by atoms with van der Waals surface area (Å²) in [4.78, 5) is 0. The van der Waals surface area contributed by atoms with Crippen LogP contribution in [0.4, 0.5) is 5.82 Å². The third kappa shape index (κ3) is 2.67. The second-order valence-electron chi connectivity index (χ2n) is 3.46. The summed E-state index contributed by atoms with van der Waals surface area (Å²) in [6, 6.07) is 2.36. The Labute approximate surface area is 90.1 Å². The number of hydrogen-bond acceptors (Lipinski definition) is 3. The third-order valence-corrected chi connectivity index (χ3v) is 3.31. The molecule has 14 heavy (non-hydrogen) atoms. The van der Waals surface area contributed by atoms with E-state index in [-0.39, 0.29) is 0 Å². The van der Waals surface area contributed by atoms with Crippen LogP contribution in [0.2, 0.25) is 0 Å². The summed E-state index contributed by atoms with van der Waals surface area (Å²) in [5, 5.41) is 5.52. The van der Waals surface area contributed by atoms with E-state index in [9.17, 15) is 0 Å². The fourth-order valence-corrected chi connectivity index (χ4v) is 1.95. The summed E-state index contributed by atoms with van der Waals surface area (Å²) >= 11 is 1.77. The first-order valence-electron chi connectivity index (χ1n) is 5.16. The van der Waals surface area contributed by atoms with Crippen molar-refractivity contribution < 1.29 is 0 Å². The summed E-state index contributed by atoms with van der Waals surface area (Å²) in [7, 11) is 0. The van der Waals surface area contributed by atoms with E-state index in [0.717, 1.165) is 23.0 Å². The number of nitrogen functional groups attached to an aromatic ring is 1. The summed E-state index contributed by atoms with van der Waals surface area (Å²) < 4.78 is 1.91. The minimum Gasteiger partial charge on any atom is -0.384 e. The van der Waals surface area contributed by atoms with Gasteiger partial charge < -0.3 is 5.73 Å². The highest BCUT2D eigenvalue weighted by Gasteiger charge is 2.09. The molecule has 0 aliphatic rings. The van der Waals surface area contributed by atoms with Crippen LogP contribution < -0.4 is 5.73 Å². The number of nitrogens with two attached hydrogens (primary N) is 1. The molecule has 0 radical (unpaired) electrons. The van der Waals surface area contributed by atoms with Crippen molar-refractivity contribution in [3.63, 3.8) is 0 Å². The Kier molecular flexibility index (Phi) is 4.32. The van der Waals surface area contributed by atoms with Crippen molar-refractivity contribution >= 4 is 17.6 Å². The molecular formula is C10H19N3S. The van der Waals surface area contributed by atoms with Crippen molar-refractivity contribution in [3.05, 3.63) is 6.07 Å². The highest BCUT2D eigenvalue weighted by molar-refractivity contribution is 7.99. The summed E-state index contributed by atoms with van der Waals surface area (Å²) in [5.74, 6) is 1.88. The van der Waals surface area contributed by atoms with Crippen LogP contribution in [0.3, 0.4) is 0 Å². The van der Waals surface area contributed by atoms with Gasteiger partial charge in [0, 0.05) is 6.07 Å². The first kappa shape index (κ1) is 11.4. The minimum atomic E-state index is 0.394. The molecule has 4 heteroatoms. The SMILES string of the molecule is CCCSc1cc(N)n(C(C)CC)n1. The van der Waals surface area contributed by atoms with E-state index in [0.29, 0.717) is 6.04 Å². The van der Waals surface area contributed by atoms with E-state index in [1.54, 1.807) is 11.8 Å². The van der Waals surface area contributed by atoms with Crippen LogP contribution in [-0.2, 0) is 0 Å². The van der Waals surface area contributed by atoms with Crippen LogP contribution in [0, 0.1) is 0 Å². The van der Waals surface area contributed by atoms with Crippen LogP contribution in [0.25, 0.3) is 0 Å². The van der Waals surface area contributed by atoms with Gasteiger partial charge in [0.15, 0.2) is 0 Å². The molecular weight excluding hydrogens is 194 g/mol. The lowest BCUT2D eigenvalue weighted by molar-refractivity contribution is 0.476. The number of aromatic nitrogens is 2. The Morgan fingerprint density at radius 1 is 1.57 bits per heavy atom. The van der Waals surface area contributed by atoms with Crippen LogP contribution in [0.5, 0.6) is 0 Å². The molecule has 1 rings (SSSR count). The largest absolute Gasteiger partial charge is 0.384 e. The molecule has 2 N–H and O–H groups in total. The topological polar surface area (TPSA) is 43.8 Å². The molecule has 0 fully saturated rings. The highest BCUT2D eigenvalue weighted by atomic mass is 32.2. The quantitative estimate of drug-likeness (QED) is 0.765. The fourth-order valence-electron chi connectivity index (χ4n) is 1.19. The molecule has 0 bridgehead atoms. The second-order valence-corrected chi connectivity index (χ2v) is 4.57. The summed E-state index contributed by atoms with van der Waals surface area (Å²) in [6.45, 7) is 6.45. The number of thioether (sulfide) groups is 1. The Morgan fingerprint density at radius 2 is 2.29 bits per heavy atom. The molecule has 0 aliphatic carbocycles. The van der Waals surface area contributed by atoms with E-state index in [1.165, 1.54) is 6.42 Å². The second kappa shape index (κ2) is 5.29. The Morgan fingerprint density at radius 3 is 2.86 bits per heavy atom. The van der Waals surface area contributed by atoms with Crippen molar-refractivity contribution in [2.45, 2.75) is 44.7 Å². The van der Waals surface area contributed by atoms with E-state index < -0.39 is 0 Å². The van der Waals surface area contributed by atoms with Crippen molar-refractivity contribution in [2.75, 3.05) is 11.5 Å². The molecule has 1 aromatic heterocycles. The first-order chi connectivity index (χ1) is 6.69. The van der Waals surface area contributed by atoms with Crippen molar-refractivity contribution in [3.8, 4) is 0 Å². The fraction of sp³-hybridized carbons (Fsp3) is 0.700. The lowest BCUT2D eigenvalue weighted by Gasteiger charge is -2.10. The highest BCUT2D eigenvalue weighted by Crippen LogP contribution is 2.23. The predicted octanol–water partition coefficient (Wildman–Crippen LogP) is 2.94. The van der Waals surface area contributed by atoms with Gasteiger partial charge in [-0.25, -0.2) is 4.68 Å². The predicted molar refractivity (Wildman–Crippen MR) is 62.7 cm³/mol. The zero-order valence-corrected chi connectivity index (χ0v) is 9.97. The monoisotopic (exact) mass is 213 g/mol. The Balaban J connectivity index is 2.71. The maximum atomic E-state index is 5.88. The number of rotatable bonds is 5.